The van der Waals surface area contributed by atoms with E-state index in [0.29, 0.717) is 6.61 Å². The maximum atomic E-state index is 12.2. The fourth-order valence-corrected chi connectivity index (χ4v) is 2.39. The summed E-state index contributed by atoms with van der Waals surface area (Å²) in [5, 5.41) is 12.5. The highest BCUT2D eigenvalue weighted by molar-refractivity contribution is 5.80. The van der Waals surface area contributed by atoms with Crippen LogP contribution in [0.4, 0.5) is 0 Å². The monoisotopic (exact) mass is 243 g/mol. The van der Waals surface area contributed by atoms with Crippen LogP contribution in [0.25, 0.3) is 0 Å². The van der Waals surface area contributed by atoms with Gasteiger partial charge in [-0.05, 0) is 25.7 Å². The summed E-state index contributed by atoms with van der Waals surface area (Å²) < 4.78 is 5.53. The van der Waals surface area contributed by atoms with Gasteiger partial charge in [-0.15, -0.1) is 0 Å². The number of hydrogen-bond acceptors (Lipinski definition) is 3. The number of carbonyl (C=O) groups excluding carboxylic acids is 1. The number of aliphatic hydroxyl groups is 1. The van der Waals surface area contributed by atoms with Crippen molar-refractivity contribution in [3.05, 3.63) is 0 Å². The first-order valence-electron chi connectivity index (χ1n) is 6.67. The zero-order chi connectivity index (χ0) is 12.9. The molecule has 0 saturated carbocycles. The molecule has 0 bridgehead atoms. The van der Waals surface area contributed by atoms with Gasteiger partial charge in [0.25, 0.3) is 0 Å². The van der Waals surface area contributed by atoms with Gasteiger partial charge >= 0.3 is 0 Å². The van der Waals surface area contributed by atoms with Crippen molar-refractivity contribution in [2.24, 2.45) is 5.92 Å². The number of amides is 1. The molecular formula is C13H25NO3. The number of carbonyl (C=O) groups is 1. The summed E-state index contributed by atoms with van der Waals surface area (Å²) in [4.78, 5) is 12.2. The Labute approximate surface area is 104 Å². The van der Waals surface area contributed by atoms with Gasteiger partial charge in [-0.1, -0.05) is 20.8 Å². The molecule has 1 heterocycles. The van der Waals surface area contributed by atoms with Crippen LogP contribution in [-0.4, -0.2) is 35.9 Å². The summed E-state index contributed by atoms with van der Waals surface area (Å²) in [6, 6.07) is 0. The molecule has 4 heteroatoms. The molecule has 0 aliphatic carbocycles. The van der Waals surface area contributed by atoms with Crippen molar-refractivity contribution >= 4 is 5.91 Å². The second-order valence-corrected chi connectivity index (χ2v) is 4.85. The lowest BCUT2D eigenvalue weighted by Crippen LogP contribution is -2.53. The van der Waals surface area contributed by atoms with E-state index in [4.69, 9.17) is 4.74 Å². The van der Waals surface area contributed by atoms with E-state index in [1.807, 2.05) is 20.8 Å². The van der Waals surface area contributed by atoms with E-state index in [9.17, 15) is 9.90 Å². The summed E-state index contributed by atoms with van der Waals surface area (Å²) in [6.45, 7) is 6.68. The van der Waals surface area contributed by atoms with E-state index in [1.54, 1.807) is 0 Å². The molecule has 100 valence electrons. The highest BCUT2D eigenvalue weighted by Gasteiger charge is 2.36. The Morgan fingerprint density at radius 3 is 2.53 bits per heavy atom. The van der Waals surface area contributed by atoms with Crippen molar-refractivity contribution in [1.82, 2.24) is 5.32 Å². The molecule has 1 amide bonds. The molecule has 0 aromatic carbocycles. The second kappa shape index (κ2) is 6.36. The molecule has 1 aliphatic rings. The van der Waals surface area contributed by atoms with E-state index in [1.165, 1.54) is 0 Å². The third kappa shape index (κ3) is 3.19. The van der Waals surface area contributed by atoms with Gasteiger partial charge in [-0.3, -0.25) is 4.79 Å². The predicted octanol–water partition coefficient (Wildman–Crippen LogP) is 1.47. The van der Waals surface area contributed by atoms with Crippen LogP contribution in [0.1, 0.15) is 46.5 Å². The van der Waals surface area contributed by atoms with Gasteiger partial charge in [-0.25, -0.2) is 0 Å². The zero-order valence-electron chi connectivity index (χ0n) is 11.2. The lowest BCUT2D eigenvalue weighted by molar-refractivity contribution is -0.129. The third-order valence-corrected chi connectivity index (χ3v) is 3.99. The molecule has 0 spiro atoms. The van der Waals surface area contributed by atoms with Crippen molar-refractivity contribution in [2.75, 3.05) is 13.2 Å². The van der Waals surface area contributed by atoms with Crippen molar-refractivity contribution < 1.29 is 14.6 Å². The summed E-state index contributed by atoms with van der Waals surface area (Å²) in [7, 11) is 0. The van der Waals surface area contributed by atoms with Gasteiger partial charge in [0.2, 0.25) is 5.91 Å². The quantitative estimate of drug-likeness (QED) is 0.742. The van der Waals surface area contributed by atoms with Gasteiger partial charge in [0.1, 0.15) is 0 Å². The molecule has 1 rings (SSSR count). The average Bonchev–Trinajstić information content (AvgIpc) is 2.84. The maximum absolute atomic E-state index is 12.2. The minimum absolute atomic E-state index is 0.00386. The fraction of sp³-hybridized carbons (Fsp3) is 0.923. The van der Waals surface area contributed by atoms with Crippen LogP contribution < -0.4 is 5.32 Å². The summed E-state index contributed by atoms with van der Waals surface area (Å²) in [6.07, 6.45) is 3.19. The van der Waals surface area contributed by atoms with Crippen LogP contribution in [0.15, 0.2) is 0 Å². The van der Waals surface area contributed by atoms with Crippen LogP contribution in [-0.2, 0) is 9.53 Å². The first-order valence-corrected chi connectivity index (χ1v) is 6.67. The largest absolute Gasteiger partial charge is 0.394 e. The van der Waals surface area contributed by atoms with Gasteiger partial charge in [-0.2, -0.15) is 0 Å². The fourth-order valence-electron chi connectivity index (χ4n) is 2.39. The van der Waals surface area contributed by atoms with Crippen LogP contribution in [0.5, 0.6) is 0 Å². The van der Waals surface area contributed by atoms with Gasteiger partial charge in [0.15, 0.2) is 0 Å². The van der Waals surface area contributed by atoms with Crippen LogP contribution in [0, 0.1) is 5.92 Å². The Kier molecular flexibility index (Phi) is 5.40. The van der Waals surface area contributed by atoms with E-state index in [-0.39, 0.29) is 24.5 Å². The lowest BCUT2D eigenvalue weighted by atomic mass is 9.91. The zero-order valence-corrected chi connectivity index (χ0v) is 11.2. The third-order valence-electron chi connectivity index (χ3n) is 3.99. The number of hydrogen-bond donors (Lipinski definition) is 2. The number of ether oxygens (including phenoxy) is 1. The molecule has 17 heavy (non-hydrogen) atoms. The summed E-state index contributed by atoms with van der Waals surface area (Å²) in [5.41, 5.74) is -0.460. The lowest BCUT2D eigenvalue weighted by Gasteiger charge is -2.32. The number of aliphatic hydroxyl groups excluding tert-OH is 1. The van der Waals surface area contributed by atoms with Crippen molar-refractivity contribution in [3.8, 4) is 0 Å². The minimum Gasteiger partial charge on any atom is -0.394 e. The molecule has 1 aliphatic heterocycles. The molecule has 1 fully saturated rings. The van der Waals surface area contributed by atoms with Crippen LogP contribution in [0.3, 0.4) is 0 Å². The predicted molar refractivity (Wildman–Crippen MR) is 66.7 cm³/mol. The highest BCUT2D eigenvalue weighted by Crippen LogP contribution is 2.25. The van der Waals surface area contributed by atoms with Gasteiger partial charge < -0.3 is 15.2 Å². The van der Waals surface area contributed by atoms with Crippen molar-refractivity contribution in [3.63, 3.8) is 0 Å². The van der Waals surface area contributed by atoms with Crippen molar-refractivity contribution in [1.29, 1.82) is 0 Å². The first kappa shape index (κ1) is 14.5. The smallest absolute Gasteiger partial charge is 0.226 e. The average molecular weight is 243 g/mol. The molecule has 4 nitrogen and oxygen atoms in total. The van der Waals surface area contributed by atoms with Gasteiger partial charge in [0.05, 0.1) is 24.2 Å². The SMILES string of the molecule is CCC1OCCC1C(=O)NC(CC)(CC)CO. The van der Waals surface area contributed by atoms with Crippen LogP contribution >= 0.6 is 0 Å². The molecule has 2 atom stereocenters. The first-order chi connectivity index (χ1) is 8.12. The standard InChI is InChI=1S/C13H25NO3/c1-4-11-10(7-8-17-11)12(16)14-13(5-2,6-3)9-15/h10-11,15H,4-9H2,1-3H3,(H,14,16). The highest BCUT2D eigenvalue weighted by atomic mass is 16.5. The molecule has 0 radical (unpaired) electrons. The van der Waals surface area contributed by atoms with E-state index < -0.39 is 5.54 Å². The Morgan fingerprint density at radius 1 is 1.41 bits per heavy atom. The molecule has 1 saturated heterocycles. The molecule has 2 N–H and O–H groups in total. The van der Waals surface area contributed by atoms with E-state index >= 15 is 0 Å². The molecule has 0 aromatic rings. The topological polar surface area (TPSA) is 58.6 Å². The molecule has 2 unspecified atom stereocenters. The second-order valence-electron chi connectivity index (χ2n) is 4.85. The van der Waals surface area contributed by atoms with E-state index in [0.717, 1.165) is 25.7 Å². The number of nitrogens with one attached hydrogen (secondary N) is 1. The number of rotatable bonds is 6. The maximum Gasteiger partial charge on any atom is 0.226 e. The molecular weight excluding hydrogens is 218 g/mol. The van der Waals surface area contributed by atoms with E-state index in [2.05, 4.69) is 5.32 Å². The normalized spacial score (nSPS) is 24.9. The van der Waals surface area contributed by atoms with Gasteiger partial charge in [0, 0.05) is 6.61 Å². The summed E-state index contributed by atoms with van der Waals surface area (Å²) in [5.74, 6) is -0.0175. The Bertz CT molecular complexity index is 243. The Morgan fingerprint density at radius 2 is 2.06 bits per heavy atom. The van der Waals surface area contributed by atoms with Crippen LogP contribution in [0.2, 0.25) is 0 Å². The molecule has 0 aromatic heterocycles. The Hall–Kier alpha value is -0.610. The Balaban J connectivity index is 2.64. The minimum atomic E-state index is -0.460. The summed E-state index contributed by atoms with van der Waals surface area (Å²) >= 11 is 0. The van der Waals surface area contributed by atoms with Crippen molar-refractivity contribution in [2.45, 2.75) is 58.1 Å².